The van der Waals surface area contributed by atoms with Gasteiger partial charge in [0, 0.05) is 44.1 Å². The molecule has 35 heavy (non-hydrogen) atoms. The van der Waals surface area contributed by atoms with Crippen LogP contribution in [0.3, 0.4) is 0 Å². The van der Waals surface area contributed by atoms with Crippen molar-refractivity contribution >= 4 is 61.8 Å². The summed E-state index contributed by atoms with van der Waals surface area (Å²) >= 11 is 16.0. The van der Waals surface area contributed by atoms with E-state index in [1.807, 2.05) is 42.5 Å². The van der Waals surface area contributed by atoms with E-state index in [1.165, 1.54) is 0 Å². The number of rotatable bonds is 3. The molecule has 1 fully saturated rings. The Kier molecular flexibility index (Phi) is 5.63. The van der Waals surface area contributed by atoms with Gasteiger partial charge in [-0.15, -0.1) is 0 Å². The van der Waals surface area contributed by atoms with Crippen LogP contribution in [0, 0.1) is 0 Å². The van der Waals surface area contributed by atoms with Crippen molar-refractivity contribution in [1.29, 1.82) is 0 Å². The third-order valence-electron chi connectivity index (χ3n) is 6.88. The first-order chi connectivity index (χ1) is 16.9. The molecule has 2 aliphatic heterocycles. The minimum atomic E-state index is -0.599. The maximum Gasteiger partial charge on any atom is 0.246 e. The second-order valence-corrected chi connectivity index (χ2v) is 10.7. The Balaban J connectivity index is 1.45. The van der Waals surface area contributed by atoms with Crippen molar-refractivity contribution < 1.29 is 9.59 Å². The summed E-state index contributed by atoms with van der Waals surface area (Å²) in [6, 6.07) is 20.2. The maximum atomic E-state index is 13.8. The second-order valence-electron chi connectivity index (χ2n) is 8.97. The van der Waals surface area contributed by atoms with Crippen LogP contribution in [0.4, 0.5) is 0 Å². The molecule has 0 saturated carbocycles. The molecule has 4 aromatic rings. The van der Waals surface area contributed by atoms with Crippen molar-refractivity contribution in [2.75, 3.05) is 6.54 Å². The Morgan fingerprint density at radius 3 is 2.63 bits per heavy atom. The minimum absolute atomic E-state index is 0.00560. The Labute approximate surface area is 220 Å². The van der Waals surface area contributed by atoms with Crippen LogP contribution in [0.1, 0.15) is 28.4 Å². The number of para-hydroxylation sites is 1. The van der Waals surface area contributed by atoms with E-state index in [0.717, 1.165) is 37.8 Å². The predicted octanol–water partition coefficient (Wildman–Crippen LogP) is 6.12. The number of carbonyl (C=O) groups excluding carboxylic acids is 2. The van der Waals surface area contributed by atoms with Crippen LogP contribution in [0.15, 0.2) is 71.2 Å². The number of piperazine rings is 1. The number of aromatic amines is 1. The smallest absolute Gasteiger partial charge is 0.246 e. The summed E-state index contributed by atoms with van der Waals surface area (Å²) in [6.45, 7) is 0.252. The third kappa shape index (κ3) is 3.84. The Hall–Kier alpha value is -2.80. The standard InChI is InChI=1S/C27H20BrCl2N3O2/c28-17-5-3-4-15(10-17)26-25-20(19-6-1-2-7-22(19)31-25)12-23-27(35)32(14-24(34)33(23)26)13-16-8-9-18(29)11-21(16)30/h1-11,23,26,31H,12-14H2/t23-,26-/m0/s1. The van der Waals surface area contributed by atoms with Crippen molar-refractivity contribution in [3.63, 3.8) is 0 Å². The highest BCUT2D eigenvalue weighted by molar-refractivity contribution is 9.10. The van der Waals surface area contributed by atoms with Crippen molar-refractivity contribution in [3.05, 3.63) is 104 Å². The fourth-order valence-electron chi connectivity index (χ4n) is 5.34. The van der Waals surface area contributed by atoms with Crippen molar-refractivity contribution in [2.45, 2.75) is 25.0 Å². The number of hydrogen-bond donors (Lipinski definition) is 1. The molecule has 176 valence electrons. The van der Waals surface area contributed by atoms with Gasteiger partial charge in [-0.1, -0.05) is 75.5 Å². The van der Waals surface area contributed by atoms with Crippen LogP contribution in [-0.4, -0.2) is 39.2 Å². The van der Waals surface area contributed by atoms with Gasteiger partial charge in [-0.05, 0) is 47.0 Å². The van der Waals surface area contributed by atoms with Crippen LogP contribution in [0.5, 0.6) is 0 Å². The number of nitrogens with one attached hydrogen (secondary N) is 1. The molecule has 0 unspecified atom stereocenters. The Morgan fingerprint density at radius 1 is 1.00 bits per heavy atom. The Bertz CT molecular complexity index is 1500. The normalized spacial score (nSPS) is 19.7. The summed E-state index contributed by atoms with van der Waals surface area (Å²) in [4.78, 5) is 34.4. The van der Waals surface area contributed by atoms with E-state index < -0.39 is 6.04 Å². The molecule has 2 aliphatic rings. The molecule has 6 rings (SSSR count). The number of fused-ring (bicyclic) bond motifs is 4. The van der Waals surface area contributed by atoms with Gasteiger partial charge in [0.2, 0.25) is 11.8 Å². The summed E-state index contributed by atoms with van der Waals surface area (Å²) in [5, 5.41) is 2.09. The SMILES string of the molecule is O=C1[C@@H]2Cc3c([nH]c4ccccc34)[C@H](c3cccc(Br)c3)N2C(=O)CN1Cc1ccc(Cl)cc1Cl. The number of aromatic nitrogens is 1. The highest BCUT2D eigenvalue weighted by Crippen LogP contribution is 2.43. The summed E-state index contributed by atoms with van der Waals surface area (Å²) < 4.78 is 0.921. The molecule has 1 saturated heterocycles. The van der Waals surface area contributed by atoms with Gasteiger partial charge < -0.3 is 14.8 Å². The largest absolute Gasteiger partial charge is 0.356 e. The molecule has 1 aromatic heterocycles. The van der Waals surface area contributed by atoms with Gasteiger partial charge in [0.1, 0.15) is 12.6 Å². The summed E-state index contributed by atoms with van der Waals surface area (Å²) in [7, 11) is 0. The van der Waals surface area contributed by atoms with E-state index in [1.54, 1.807) is 28.0 Å². The highest BCUT2D eigenvalue weighted by Gasteiger charge is 2.48. The van der Waals surface area contributed by atoms with E-state index in [0.29, 0.717) is 16.5 Å². The van der Waals surface area contributed by atoms with Crippen molar-refractivity contribution in [3.8, 4) is 0 Å². The number of hydrogen-bond acceptors (Lipinski definition) is 2. The van der Waals surface area contributed by atoms with Gasteiger partial charge in [0.05, 0.1) is 6.04 Å². The second kappa shape index (κ2) is 8.70. The zero-order chi connectivity index (χ0) is 24.3. The number of benzene rings is 3. The molecular formula is C27H20BrCl2N3O2. The molecule has 0 radical (unpaired) electrons. The van der Waals surface area contributed by atoms with Gasteiger partial charge in [-0.2, -0.15) is 0 Å². The lowest BCUT2D eigenvalue weighted by molar-refractivity contribution is -0.159. The molecule has 3 aromatic carbocycles. The van der Waals surface area contributed by atoms with Crippen LogP contribution < -0.4 is 0 Å². The predicted molar refractivity (Wildman–Crippen MR) is 141 cm³/mol. The number of halogens is 3. The maximum absolute atomic E-state index is 13.8. The Morgan fingerprint density at radius 2 is 1.83 bits per heavy atom. The van der Waals surface area contributed by atoms with E-state index >= 15 is 0 Å². The number of nitrogens with zero attached hydrogens (tertiary/aromatic N) is 2. The summed E-state index contributed by atoms with van der Waals surface area (Å²) in [5.41, 5.74) is 4.77. The summed E-state index contributed by atoms with van der Waals surface area (Å²) in [6.07, 6.45) is 0.458. The van der Waals surface area contributed by atoms with Crippen LogP contribution in [0.25, 0.3) is 10.9 Å². The molecule has 3 heterocycles. The van der Waals surface area contributed by atoms with Gasteiger partial charge in [0.25, 0.3) is 0 Å². The first-order valence-electron chi connectivity index (χ1n) is 11.3. The molecular weight excluding hydrogens is 549 g/mol. The molecule has 2 atom stereocenters. The van der Waals surface area contributed by atoms with Crippen molar-refractivity contribution in [1.82, 2.24) is 14.8 Å². The van der Waals surface area contributed by atoms with Gasteiger partial charge >= 0.3 is 0 Å². The topological polar surface area (TPSA) is 56.4 Å². The zero-order valence-electron chi connectivity index (χ0n) is 18.5. The molecule has 1 N–H and O–H groups in total. The number of H-pyrrole nitrogens is 1. The van der Waals surface area contributed by atoms with Gasteiger partial charge in [0.15, 0.2) is 0 Å². The zero-order valence-corrected chi connectivity index (χ0v) is 21.6. The van der Waals surface area contributed by atoms with E-state index in [9.17, 15) is 9.59 Å². The molecule has 8 heteroatoms. The molecule has 5 nitrogen and oxygen atoms in total. The lowest BCUT2D eigenvalue weighted by Crippen LogP contribution is -2.62. The van der Waals surface area contributed by atoms with Crippen molar-refractivity contribution in [2.24, 2.45) is 0 Å². The van der Waals surface area contributed by atoms with E-state index in [2.05, 4.69) is 27.0 Å². The van der Waals surface area contributed by atoms with Crippen LogP contribution >= 0.6 is 39.1 Å². The molecule has 0 aliphatic carbocycles. The van der Waals surface area contributed by atoms with Crippen LogP contribution in [-0.2, 0) is 22.6 Å². The molecule has 2 amide bonds. The van der Waals surface area contributed by atoms with Crippen LogP contribution in [0.2, 0.25) is 10.0 Å². The van der Waals surface area contributed by atoms with Gasteiger partial charge in [-0.25, -0.2) is 0 Å². The fourth-order valence-corrected chi connectivity index (χ4v) is 6.22. The van der Waals surface area contributed by atoms with E-state index in [4.69, 9.17) is 23.2 Å². The highest BCUT2D eigenvalue weighted by atomic mass is 79.9. The lowest BCUT2D eigenvalue weighted by atomic mass is 9.86. The van der Waals surface area contributed by atoms with E-state index in [-0.39, 0.29) is 30.9 Å². The number of amides is 2. The third-order valence-corrected chi connectivity index (χ3v) is 7.96. The molecule has 0 bridgehead atoms. The quantitative estimate of drug-likeness (QED) is 0.323. The average molecular weight is 569 g/mol. The monoisotopic (exact) mass is 567 g/mol. The average Bonchev–Trinajstić information content (AvgIpc) is 3.21. The fraction of sp³-hybridized carbons (Fsp3) is 0.185. The summed E-state index contributed by atoms with van der Waals surface area (Å²) in [5.74, 6) is -0.166. The molecule has 0 spiro atoms. The van der Waals surface area contributed by atoms with Gasteiger partial charge in [-0.3, -0.25) is 9.59 Å². The first-order valence-corrected chi connectivity index (χ1v) is 12.8. The minimum Gasteiger partial charge on any atom is -0.356 e. The number of carbonyl (C=O) groups is 2. The first kappa shape index (κ1) is 22.7. The lowest BCUT2D eigenvalue weighted by Gasteiger charge is -2.47.